The molecule has 1 amide bonds. The summed E-state index contributed by atoms with van der Waals surface area (Å²) in [5.74, 6) is -0.0848. The summed E-state index contributed by atoms with van der Waals surface area (Å²) in [5, 5.41) is 7.64. The number of aromatic nitrogens is 3. The van der Waals surface area contributed by atoms with E-state index in [1.54, 1.807) is 29.0 Å². The van der Waals surface area contributed by atoms with Crippen molar-refractivity contribution in [1.29, 1.82) is 0 Å². The number of halogens is 1. The van der Waals surface area contributed by atoms with Gasteiger partial charge in [0.1, 0.15) is 0 Å². The average Bonchev–Trinajstić information content (AvgIpc) is 2.91. The maximum atomic E-state index is 12.0. The number of rotatable bonds is 4. The van der Waals surface area contributed by atoms with Gasteiger partial charge >= 0.3 is 0 Å². The lowest BCUT2D eigenvalue weighted by Gasteiger charge is -2.05. The van der Waals surface area contributed by atoms with Crippen LogP contribution in [0.25, 0.3) is 5.65 Å². The molecule has 1 aromatic carbocycles. The van der Waals surface area contributed by atoms with Gasteiger partial charge in [0.15, 0.2) is 5.65 Å². The van der Waals surface area contributed by atoms with Crippen molar-refractivity contribution in [3.63, 3.8) is 0 Å². The molecule has 0 radical (unpaired) electrons. The first-order valence-electron chi connectivity index (χ1n) is 6.51. The van der Waals surface area contributed by atoms with E-state index < -0.39 is 0 Å². The van der Waals surface area contributed by atoms with Crippen molar-refractivity contribution in [2.24, 2.45) is 0 Å². The minimum absolute atomic E-state index is 0.0848. The summed E-state index contributed by atoms with van der Waals surface area (Å²) >= 11 is 6.04. The van der Waals surface area contributed by atoms with E-state index >= 15 is 0 Å². The van der Waals surface area contributed by atoms with E-state index in [9.17, 15) is 4.79 Å². The Morgan fingerprint density at radius 1 is 1.24 bits per heavy atom. The van der Waals surface area contributed by atoms with Gasteiger partial charge in [0, 0.05) is 29.5 Å². The molecule has 0 saturated carbocycles. The highest BCUT2D eigenvalue weighted by atomic mass is 35.5. The molecule has 0 aliphatic rings. The molecule has 0 spiro atoms. The summed E-state index contributed by atoms with van der Waals surface area (Å²) < 4.78 is 1.68. The van der Waals surface area contributed by atoms with Gasteiger partial charge in [0.05, 0.1) is 12.6 Å². The number of hydrogen-bond acceptors (Lipinski definition) is 3. The minimum Gasteiger partial charge on any atom is -0.352 e. The number of carbonyl (C=O) groups excluding carboxylic acids is 1. The van der Waals surface area contributed by atoms with Crippen LogP contribution < -0.4 is 5.32 Å². The first kappa shape index (κ1) is 13.6. The SMILES string of the molecule is O=C(Cc1ccccc1Cl)NCc1cnn2cccnc12. The molecule has 6 heteroatoms. The molecule has 5 nitrogen and oxygen atoms in total. The summed E-state index contributed by atoms with van der Waals surface area (Å²) in [4.78, 5) is 16.2. The topological polar surface area (TPSA) is 59.3 Å². The zero-order valence-electron chi connectivity index (χ0n) is 11.2. The fraction of sp³-hybridized carbons (Fsp3) is 0.133. The molecule has 1 N–H and O–H groups in total. The normalized spacial score (nSPS) is 10.7. The predicted molar refractivity (Wildman–Crippen MR) is 80.0 cm³/mol. The van der Waals surface area contributed by atoms with Crippen molar-refractivity contribution in [3.05, 3.63) is 65.1 Å². The van der Waals surface area contributed by atoms with E-state index in [1.165, 1.54) is 0 Å². The van der Waals surface area contributed by atoms with Crippen LogP contribution in [0, 0.1) is 0 Å². The second kappa shape index (κ2) is 5.93. The van der Waals surface area contributed by atoms with Gasteiger partial charge in [-0.05, 0) is 17.7 Å². The van der Waals surface area contributed by atoms with Crippen LogP contribution in [0.4, 0.5) is 0 Å². The Hall–Kier alpha value is -2.40. The highest BCUT2D eigenvalue weighted by Gasteiger charge is 2.09. The Morgan fingerprint density at radius 3 is 2.95 bits per heavy atom. The van der Waals surface area contributed by atoms with Crippen molar-refractivity contribution in [2.75, 3.05) is 0 Å². The molecule has 0 unspecified atom stereocenters. The van der Waals surface area contributed by atoms with E-state index in [1.807, 2.05) is 24.4 Å². The van der Waals surface area contributed by atoms with Gasteiger partial charge in [-0.25, -0.2) is 9.50 Å². The summed E-state index contributed by atoms with van der Waals surface area (Å²) in [5.41, 5.74) is 2.44. The largest absolute Gasteiger partial charge is 0.352 e. The van der Waals surface area contributed by atoms with E-state index in [0.29, 0.717) is 11.6 Å². The number of nitrogens with zero attached hydrogens (tertiary/aromatic N) is 3. The molecule has 0 aliphatic carbocycles. The Bertz CT molecular complexity index is 784. The summed E-state index contributed by atoms with van der Waals surface area (Å²) in [7, 11) is 0. The molecule has 0 saturated heterocycles. The molecule has 2 heterocycles. The number of hydrogen-bond donors (Lipinski definition) is 1. The first-order valence-corrected chi connectivity index (χ1v) is 6.89. The van der Waals surface area contributed by atoms with Crippen molar-refractivity contribution in [2.45, 2.75) is 13.0 Å². The minimum atomic E-state index is -0.0848. The van der Waals surface area contributed by atoms with Crippen LogP contribution in [0.15, 0.2) is 48.9 Å². The van der Waals surface area contributed by atoms with Crippen molar-refractivity contribution >= 4 is 23.2 Å². The molecular weight excluding hydrogens is 288 g/mol. The van der Waals surface area contributed by atoms with Gasteiger partial charge in [-0.2, -0.15) is 5.10 Å². The number of amides is 1. The molecule has 0 fully saturated rings. The van der Waals surface area contributed by atoms with Crippen LogP contribution in [0.5, 0.6) is 0 Å². The molecule has 3 rings (SSSR count). The molecule has 106 valence electrons. The Kier molecular flexibility index (Phi) is 3.83. The zero-order valence-corrected chi connectivity index (χ0v) is 11.9. The lowest BCUT2D eigenvalue weighted by Crippen LogP contribution is -2.24. The predicted octanol–water partition coefficient (Wildman–Crippen LogP) is 2.24. The number of carbonyl (C=O) groups is 1. The first-order chi connectivity index (χ1) is 10.2. The molecule has 21 heavy (non-hydrogen) atoms. The fourth-order valence-electron chi connectivity index (χ4n) is 2.07. The monoisotopic (exact) mass is 300 g/mol. The third-order valence-corrected chi connectivity index (χ3v) is 3.51. The van der Waals surface area contributed by atoms with Gasteiger partial charge in [0.25, 0.3) is 0 Å². The number of benzene rings is 1. The van der Waals surface area contributed by atoms with E-state index in [2.05, 4.69) is 15.4 Å². The van der Waals surface area contributed by atoms with Crippen LogP contribution in [0.2, 0.25) is 5.02 Å². The third kappa shape index (κ3) is 3.03. The third-order valence-electron chi connectivity index (χ3n) is 3.14. The lowest BCUT2D eigenvalue weighted by molar-refractivity contribution is -0.120. The van der Waals surface area contributed by atoms with Crippen LogP contribution >= 0.6 is 11.6 Å². The number of nitrogens with one attached hydrogen (secondary N) is 1. The van der Waals surface area contributed by atoms with E-state index in [-0.39, 0.29) is 12.3 Å². The van der Waals surface area contributed by atoms with Gasteiger partial charge in [-0.1, -0.05) is 29.8 Å². The maximum Gasteiger partial charge on any atom is 0.224 e. The average molecular weight is 301 g/mol. The Balaban J connectivity index is 1.65. The van der Waals surface area contributed by atoms with Gasteiger partial charge in [0.2, 0.25) is 5.91 Å². The highest BCUT2D eigenvalue weighted by Crippen LogP contribution is 2.15. The van der Waals surface area contributed by atoms with Crippen LogP contribution in [-0.2, 0) is 17.8 Å². The zero-order chi connectivity index (χ0) is 14.7. The Labute approximate surface area is 126 Å². The summed E-state index contributed by atoms with van der Waals surface area (Å²) in [6, 6.07) is 9.13. The molecule has 0 bridgehead atoms. The van der Waals surface area contributed by atoms with Crippen molar-refractivity contribution in [3.8, 4) is 0 Å². The lowest BCUT2D eigenvalue weighted by atomic mass is 10.1. The smallest absolute Gasteiger partial charge is 0.224 e. The fourth-order valence-corrected chi connectivity index (χ4v) is 2.27. The van der Waals surface area contributed by atoms with E-state index in [4.69, 9.17) is 11.6 Å². The summed E-state index contributed by atoms with van der Waals surface area (Å²) in [6.45, 7) is 0.393. The highest BCUT2D eigenvalue weighted by molar-refractivity contribution is 6.31. The molecule has 2 aromatic heterocycles. The van der Waals surface area contributed by atoms with E-state index in [0.717, 1.165) is 16.8 Å². The van der Waals surface area contributed by atoms with Crippen molar-refractivity contribution < 1.29 is 4.79 Å². The van der Waals surface area contributed by atoms with Crippen LogP contribution in [0.3, 0.4) is 0 Å². The second-order valence-corrected chi connectivity index (χ2v) is 5.01. The van der Waals surface area contributed by atoms with Gasteiger partial charge in [-0.3, -0.25) is 4.79 Å². The quantitative estimate of drug-likeness (QED) is 0.804. The van der Waals surface area contributed by atoms with Crippen molar-refractivity contribution in [1.82, 2.24) is 19.9 Å². The molecule has 0 atom stereocenters. The van der Waals surface area contributed by atoms with Gasteiger partial charge in [-0.15, -0.1) is 0 Å². The molecule has 0 aliphatic heterocycles. The van der Waals surface area contributed by atoms with Gasteiger partial charge < -0.3 is 5.32 Å². The van der Waals surface area contributed by atoms with Crippen LogP contribution in [-0.4, -0.2) is 20.5 Å². The Morgan fingerprint density at radius 2 is 2.10 bits per heavy atom. The maximum absolute atomic E-state index is 12.0. The standard InChI is InChI=1S/C15H13ClN4O/c16-13-5-2-1-4-11(13)8-14(21)18-9-12-10-19-20-7-3-6-17-15(12)20/h1-7,10H,8-9H2,(H,18,21). The number of fused-ring (bicyclic) bond motifs is 1. The molecule has 3 aromatic rings. The van der Waals surface area contributed by atoms with Crippen LogP contribution in [0.1, 0.15) is 11.1 Å². The second-order valence-electron chi connectivity index (χ2n) is 4.60. The summed E-state index contributed by atoms with van der Waals surface area (Å²) in [6.07, 6.45) is 5.48. The molecular formula is C15H13ClN4O.